The molecule has 94 valence electrons. The summed E-state index contributed by atoms with van der Waals surface area (Å²) in [6, 6.07) is 14.2. The van der Waals surface area contributed by atoms with Crippen LogP contribution in [0.1, 0.15) is 18.5 Å². The van der Waals surface area contributed by atoms with Crippen LogP contribution in [0.25, 0.3) is 0 Å². The predicted octanol–water partition coefficient (Wildman–Crippen LogP) is 6.04. The fourth-order valence-corrected chi connectivity index (χ4v) is 2.52. The summed E-state index contributed by atoms with van der Waals surface area (Å²) < 4.78 is 2.10. The monoisotopic (exact) mass is 387 g/mol. The summed E-state index contributed by atoms with van der Waals surface area (Å²) in [5.74, 6) is 0. The van der Waals surface area contributed by atoms with Gasteiger partial charge in [0.05, 0.1) is 5.69 Å². The number of halogens is 3. The third kappa shape index (κ3) is 3.50. The van der Waals surface area contributed by atoms with Crippen LogP contribution >= 0.6 is 43.5 Å². The lowest BCUT2D eigenvalue weighted by molar-refractivity contribution is 0.883. The summed E-state index contributed by atoms with van der Waals surface area (Å²) in [5, 5.41) is 4.23. The molecule has 0 aliphatic heterocycles. The minimum atomic E-state index is 0.216. The molecule has 0 saturated heterocycles. The molecular weight excluding hydrogens is 377 g/mol. The van der Waals surface area contributed by atoms with E-state index >= 15 is 0 Å². The summed E-state index contributed by atoms with van der Waals surface area (Å²) in [4.78, 5) is 0. The van der Waals surface area contributed by atoms with Crippen molar-refractivity contribution in [2.75, 3.05) is 5.32 Å². The Morgan fingerprint density at radius 3 is 2.39 bits per heavy atom. The molecule has 0 radical (unpaired) electrons. The molecule has 1 atom stereocenters. The fourth-order valence-electron chi connectivity index (χ4n) is 1.68. The van der Waals surface area contributed by atoms with Crippen molar-refractivity contribution < 1.29 is 0 Å². The Labute approximate surface area is 129 Å². The molecule has 2 aromatic carbocycles. The van der Waals surface area contributed by atoms with Crippen LogP contribution < -0.4 is 5.32 Å². The van der Waals surface area contributed by atoms with Crippen LogP contribution in [0.3, 0.4) is 0 Å². The minimum Gasteiger partial charge on any atom is -0.378 e. The lowest BCUT2D eigenvalue weighted by atomic mass is 10.1. The number of anilines is 1. The molecule has 2 rings (SSSR count). The Kier molecular flexibility index (Phi) is 4.71. The van der Waals surface area contributed by atoms with Gasteiger partial charge in [-0.2, -0.15) is 0 Å². The largest absolute Gasteiger partial charge is 0.378 e. The molecule has 18 heavy (non-hydrogen) atoms. The van der Waals surface area contributed by atoms with Crippen LogP contribution in [0.5, 0.6) is 0 Å². The molecule has 0 aliphatic rings. The van der Waals surface area contributed by atoms with E-state index in [2.05, 4.69) is 50.2 Å². The molecule has 0 saturated carbocycles. The Hall–Kier alpha value is -0.510. The Balaban J connectivity index is 2.18. The van der Waals surface area contributed by atoms with Crippen molar-refractivity contribution in [2.24, 2.45) is 0 Å². The van der Waals surface area contributed by atoms with Crippen molar-refractivity contribution in [2.45, 2.75) is 13.0 Å². The molecule has 0 amide bonds. The minimum absolute atomic E-state index is 0.216. The van der Waals surface area contributed by atoms with Gasteiger partial charge in [0.1, 0.15) is 0 Å². The third-order valence-electron chi connectivity index (χ3n) is 2.67. The molecule has 4 heteroatoms. The average molecular weight is 390 g/mol. The quantitative estimate of drug-likeness (QED) is 0.675. The van der Waals surface area contributed by atoms with Gasteiger partial charge in [-0.25, -0.2) is 0 Å². The zero-order valence-corrected chi connectivity index (χ0v) is 13.7. The molecule has 2 aromatic rings. The fraction of sp³-hybridized carbons (Fsp3) is 0.143. The summed E-state index contributed by atoms with van der Waals surface area (Å²) in [7, 11) is 0. The summed E-state index contributed by atoms with van der Waals surface area (Å²) >= 11 is 12.9. The van der Waals surface area contributed by atoms with E-state index in [0.29, 0.717) is 0 Å². The molecular formula is C14H12Br2ClN. The van der Waals surface area contributed by atoms with Gasteiger partial charge in [-0.05, 0) is 58.7 Å². The van der Waals surface area contributed by atoms with Gasteiger partial charge in [-0.1, -0.05) is 39.7 Å². The van der Waals surface area contributed by atoms with E-state index in [9.17, 15) is 0 Å². The van der Waals surface area contributed by atoms with E-state index in [-0.39, 0.29) is 6.04 Å². The lowest BCUT2D eigenvalue weighted by Gasteiger charge is -2.17. The number of nitrogens with one attached hydrogen (secondary N) is 1. The Morgan fingerprint density at radius 1 is 1.06 bits per heavy atom. The maximum atomic E-state index is 5.89. The van der Waals surface area contributed by atoms with E-state index in [1.54, 1.807) is 0 Å². The summed E-state index contributed by atoms with van der Waals surface area (Å²) in [5.41, 5.74) is 2.26. The van der Waals surface area contributed by atoms with Gasteiger partial charge >= 0.3 is 0 Å². The van der Waals surface area contributed by atoms with Crippen LogP contribution in [-0.4, -0.2) is 0 Å². The second kappa shape index (κ2) is 6.09. The molecule has 1 nitrogen and oxygen atoms in total. The maximum Gasteiger partial charge on any atom is 0.0500 e. The first-order valence-electron chi connectivity index (χ1n) is 5.53. The molecule has 0 fully saturated rings. The summed E-state index contributed by atoms with van der Waals surface area (Å²) in [6.45, 7) is 2.12. The first-order chi connectivity index (χ1) is 8.56. The van der Waals surface area contributed by atoms with E-state index in [0.717, 1.165) is 19.7 Å². The normalized spacial score (nSPS) is 12.2. The van der Waals surface area contributed by atoms with Gasteiger partial charge in [0.25, 0.3) is 0 Å². The molecule has 1 unspecified atom stereocenters. The third-order valence-corrected chi connectivity index (χ3v) is 4.11. The highest BCUT2D eigenvalue weighted by molar-refractivity contribution is 9.11. The smallest absolute Gasteiger partial charge is 0.0500 e. The van der Waals surface area contributed by atoms with E-state index < -0.39 is 0 Å². The molecule has 0 bridgehead atoms. The van der Waals surface area contributed by atoms with Crippen LogP contribution in [0.2, 0.25) is 5.02 Å². The van der Waals surface area contributed by atoms with Crippen molar-refractivity contribution in [1.82, 2.24) is 0 Å². The van der Waals surface area contributed by atoms with Crippen molar-refractivity contribution in [3.8, 4) is 0 Å². The van der Waals surface area contributed by atoms with Crippen LogP contribution in [0.15, 0.2) is 51.4 Å². The SMILES string of the molecule is CC(Nc1cc(Br)ccc1Br)c1ccc(Cl)cc1. The van der Waals surface area contributed by atoms with E-state index in [1.165, 1.54) is 5.56 Å². The highest BCUT2D eigenvalue weighted by Gasteiger charge is 2.07. The molecule has 0 spiro atoms. The highest BCUT2D eigenvalue weighted by atomic mass is 79.9. The zero-order chi connectivity index (χ0) is 13.1. The molecule has 0 aliphatic carbocycles. The second-order valence-corrected chi connectivity index (χ2v) is 6.25. The van der Waals surface area contributed by atoms with Crippen molar-refractivity contribution in [3.05, 3.63) is 62.0 Å². The second-order valence-electron chi connectivity index (χ2n) is 4.04. The highest BCUT2D eigenvalue weighted by Crippen LogP contribution is 2.29. The molecule has 0 heterocycles. The van der Waals surface area contributed by atoms with E-state index in [1.807, 2.05) is 36.4 Å². The van der Waals surface area contributed by atoms with Crippen LogP contribution in [0, 0.1) is 0 Å². The Bertz CT molecular complexity index is 540. The van der Waals surface area contributed by atoms with Gasteiger partial charge in [0.15, 0.2) is 0 Å². The standard InChI is InChI=1S/C14H12Br2ClN/c1-9(10-2-5-12(17)6-3-10)18-14-8-11(15)4-7-13(14)16/h2-9,18H,1H3. The van der Waals surface area contributed by atoms with Crippen molar-refractivity contribution >= 4 is 49.1 Å². The van der Waals surface area contributed by atoms with Gasteiger partial charge in [0.2, 0.25) is 0 Å². The first-order valence-corrected chi connectivity index (χ1v) is 7.50. The maximum absolute atomic E-state index is 5.89. The number of benzene rings is 2. The Morgan fingerprint density at radius 2 is 1.72 bits per heavy atom. The van der Waals surface area contributed by atoms with Gasteiger partial charge < -0.3 is 5.32 Å². The lowest BCUT2D eigenvalue weighted by Crippen LogP contribution is -2.06. The van der Waals surface area contributed by atoms with Gasteiger partial charge in [0, 0.05) is 20.0 Å². The van der Waals surface area contributed by atoms with Crippen molar-refractivity contribution in [1.29, 1.82) is 0 Å². The molecule has 0 aromatic heterocycles. The zero-order valence-electron chi connectivity index (χ0n) is 9.75. The number of hydrogen-bond acceptors (Lipinski definition) is 1. The number of rotatable bonds is 3. The number of hydrogen-bond donors (Lipinski definition) is 1. The van der Waals surface area contributed by atoms with E-state index in [4.69, 9.17) is 11.6 Å². The van der Waals surface area contributed by atoms with Gasteiger partial charge in [-0.15, -0.1) is 0 Å². The summed E-state index contributed by atoms with van der Waals surface area (Å²) in [6.07, 6.45) is 0. The van der Waals surface area contributed by atoms with Crippen LogP contribution in [0.4, 0.5) is 5.69 Å². The molecule has 1 N–H and O–H groups in total. The first kappa shape index (κ1) is 13.9. The predicted molar refractivity (Wildman–Crippen MR) is 85.3 cm³/mol. The topological polar surface area (TPSA) is 12.0 Å². The van der Waals surface area contributed by atoms with Crippen molar-refractivity contribution in [3.63, 3.8) is 0 Å². The van der Waals surface area contributed by atoms with Gasteiger partial charge in [-0.3, -0.25) is 0 Å². The van der Waals surface area contributed by atoms with Crippen LogP contribution in [-0.2, 0) is 0 Å². The average Bonchev–Trinajstić information content (AvgIpc) is 2.34.